The summed E-state index contributed by atoms with van der Waals surface area (Å²) in [6, 6.07) is -1.00. The molecule has 0 aromatic rings. The molecule has 0 saturated heterocycles. The molecule has 0 fully saturated rings. The van der Waals surface area contributed by atoms with Crippen LogP contribution in [0.5, 0.6) is 0 Å². The number of ether oxygens (including phenoxy) is 1. The highest BCUT2D eigenvalue weighted by Crippen LogP contribution is 1.94. The lowest BCUT2D eigenvalue weighted by atomic mass is 10.2. The number of urea groups is 1. The van der Waals surface area contributed by atoms with Crippen LogP contribution < -0.4 is 5.32 Å². The van der Waals surface area contributed by atoms with E-state index in [0.29, 0.717) is 0 Å². The van der Waals surface area contributed by atoms with Crippen molar-refractivity contribution >= 4 is 18.0 Å². The summed E-state index contributed by atoms with van der Waals surface area (Å²) in [5.41, 5.74) is 0. The fourth-order valence-electron chi connectivity index (χ4n) is 1.11. The number of carbonyl (C=O) groups excluding carboxylic acids is 2. The number of hydrogen-bond acceptors (Lipinski definition) is 4. The molecular formula is C10H18N2O5. The molecule has 0 spiro atoms. The zero-order chi connectivity index (χ0) is 13.4. The van der Waals surface area contributed by atoms with Crippen LogP contribution in [0, 0.1) is 0 Å². The minimum Gasteiger partial charge on any atom is -0.481 e. The Morgan fingerprint density at radius 1 is 1.41 bits per heavy atom. The van der Waals surface area contributed by atoms with Crippen molar-refractivity contribution in [3.8, 4) is 0 Å². The van der Waals surface area contributed by atoms with Crippen molar-refractivity contribution in [2.45, 2.75) is 26.3 Å². The Labute approximate surface area is 99.7 Å². The van der Waals surface area contributed by atoms with Crippen molar-refractivity contribution < 1.29 is 24.2 Å². The van der Waals surface area contributed by atoms with Crippen molar-refractivity contribution in [1.82, 2.24) is 10.2 Å². The Kier molecular flexibility index (Phi) is 6.69. The molecule has 0 aromatic heterocycles. The molecule has 0 heterocycles. The summed E-state index contributed by atoms with van der Waals surface area (Å²) in [7, 11) is 1.43. The smallest absolute Gasteiger partial charge is 0.325 e. The first-order valence-corrected chi connectivity index (χ1v) is 5.25. The van der Waals surface area contributed by atoms with Gasteiger partial charge in [0.2, 0.25) is 0 Å². The molecule has 7 heteroatoms. The zero-order valence-electron chi connectivity index (χ0n) is 10.2. The number of amides is 2. The van der Waals surface area contributed by atoms with Gasteiger partial charge in [0.05, 0.1) is 13.0 Å². The highest BCUT2D eigenvalue weighted by atomic mass is 16.5. The SMILES string of the molecule is CCOC(=O)CN(C)C(=O)NC(C)CC(=O)O. The Morgan fingerprint density at radius 3 is 2.47 bits per heavy atom. The zero-order valence-corrected chi connectivity index (χ0v) is 10.2. The second-order valence-electron chi connectivity index (χ2n) is 3.61. The fraction of sp³-hybridized carbons (Fsp3) is 0.700. The number of nitrogens with one attached hydrogen (secondary N) is 1. The minimum absolute atomic E-state index is 0.167. The molecule has 1 unspecified atom stereocenters. The molecule has 98 valence electrons. The third kappa shape index (κ3) is 7.15. The topological polar surface area (TPSA) is 95.9 Å². The van der Waals surface area contributed by atoms with Crippen molar-refractivity contribution in [1.29, 1.82) is 0 Å². The van der Waals surface area contributed by atoms with E-state index < -0.39 is 24.0 Å². The summed E-state index contributed by atoms with van der Waals surface area (Å²) in [6.45, 7) is 3.33. The summed E-state index contributed by atoms with van der Waals surface area (Å²) in [6.07, 6.45) is -0.168. The summed E-state index contributed by atoms with van der Waals surface area (Å²) in [5.74, 6) is -1.50. The van der Waals surface area contributed by atoms with E-state index in [4.69, 9.17) is 5.11 Å². The van der Waals surface area contributed by atoms with Gasteiger partial charge in [0.25, 0.3) is 0 Å². The van der Waals surface area contributed by atoms with E-state index in [1.807, 2.05) is 0 Å². The van der Waals surface area contributed by atoms with Crippen molar-refractivity contribution in [3.05, 3.63) is 0 Å². The maximum absolute atomic E-state index is 11.5. The molecule has 17 heavy (non-hydrogen) atoms. The lowest BCUT2D eigenvalue weighted by Crippen LogP contribution is -2.44. The van der Waals surface area contributed by atoms with Crippen LogP contribution in [0.2, 0.25) is 0 Å². The average molecular weight is 246 g/mol. The van der Waals surface area contributed by atoms with Gasteiger partial charge in [0.1, 0.15) is 6.54 Å². The van der Waals surface area contributed by atoms with Crippen LogP contribution in [0.15, 0.2) is 0 Å². The number of rotatable bonds is 6. The van der Waals surface area contributed by atoms with E-state index in [2.05, 4.69) is 10.1 Å². The standard InChI is InChI=1S/C10H18N2O5/c1-4-17-9(15)6-12(3)10(16)11-7(2)5-8(13)14/h7H,4-6H2,1-3H3,(H,11,16)(H,13,14). The Hall–Kier alpha value is -1.79. The first-order valence-electron chi connectivity index (χ1n) is 5.25. The molecule has 2 N–H and O–H groups in total. The average Bonchev–Trinajstić information content (AvgIpc) is 2.15. The van der Waals surface area contributed by atoms with E-state index in [1.165, 1.54) is 7.05 Å². The molecule has 0 saturated carbocycles. The van der Waals surface area contributed by atoms with Crippen LogP contribution in [0.1, 0.15) is 20.3 Å². The number of carboxylic acid groups (broad SMARTS) is 1. The van der Waals surface area contributed by atoms with Crippen LogP contribution in [-0.4, -0.2) is 54.2 Å². The van der Waals surface area contributed by atoms with Crippen LogP contribution in [0.4, 0.5) is 4.79 Å². The summed E-state index contributed by atoms with van der Waals surface area (Å²) in [4.78, 5) is 34.1. The van der Waals surface area contributed by atoms with Gasteiger partial charge in [-0.3, -0.25) is 9.59 Å². The van der Waals surface area contributed by atoms with E-state index in [0.717, 1.165) is 4.90 Å². The normalized spacial score (nSPS) is 11.5. The summed E-state index contributed by atoms with van der Waals surface area (Å²) in [5, 5.41) is 11.0. The first kappa shape index (κ1) is 15.2. The van der Waals surface area contributed by atoms with Crippen molar-refractivity contribution in [3.63, 3.8) is 0 Å². The van der Waals surface area contributed by atoms with Gasteiger partial charge in [-0.1, -0.05) is 0 Å². The fourth-order valence-corrected chi connectivity index (χ4v) is 1.11. The van der Waals surface area contributed by atoms with Gasteiger partial charge in [-0.15, -0.1) is 0 Å². The number of esters is 1. The molecule has 0 radical (unpaired) electrons. The molecule has 0 aliphatic heterocycles. The second-order valence-corrected chi connectivity index (χ2v) is 3.61. The maximum atomic E-state index is 11.5. The van der Waals surface area contributed by atoms with Crippen LogP contribution in [0.25, 0.3) is 0 Å². The van der Waals surface area contributed by atoms with Crippen LogP contribution in [0.3, 0.4) is 0 Å². The molecule has 0 aliphatic rings. The highest BCUT2D eigenvalue weighted by Gasteiger charge is 2.16. The monoisotopic (exact) mass is 246 g/mol. The number of nitrogens with zero attached hydrogens (tertiary/aromatic N) is 1. The number of aliphatic carboxylic acids is 1. The first-order chi connectivity index (χ1) is 7.86. The lowest BCUT2D eigenvalue weighted by molar-refractivity contribution is -0.143. The van der Waals surface area contributed by atoms with E-state index in [-0.39, 0.29) is 19.6 Å². The minimum atomic E-state index is -0.995. The lowest BCUT2D eigenvalue weighted by Gasteiger charge is -2.19. The Balaban J connectivity index is 4.04. The van der Waals surface area contributed by atoms with Gasteiger partial charge in [0.15, 0.2) is 0 Å². The number of carboxylic acids is 1. The molecular weight excluding hydrogens is 228 g/mol. The van der Waals surface area contributed by atoms with Gasteiger partial charge in [-0.05, 0) is 13.8 Å². The maximum Gasteiger partial charge on any atom is 0.325 e. The molecule has 0 aliphatic carbocycles. The molecule has 0 bridgehead atoms. The molecule has 7 nitrogen and oxygen atoms in total. The van der Waals surface area contributed by atoms with Crippen LogP contribution >= 0.6 is 0 Å². The Morgan fingerprint density at radius 2 is 2.00 bits per heavy atom. The summed E-state index contributed by atoms with van der Waals surface area (Å²) >= 11 is 0. The molecule has 1 atom stereocenters. The Bertz CT molecular complexity index is 292. The molecule has 0 rings (SSSR count). The third-order valence-electron chi connectivity index (χ3n) is 1.87. The van der Waals surface area contributed by atoms with Gasteiger partial charge in [-0.25, -0.2) is 4.79 Å². The predicted molar refractivity (Wildman–Crippen MR) is 59.5 cm³/mol. The van der Waals surface area contributed by atoms with Gasteiger partial charge >= 0.3 is 18.0 Å². The third-order valence-corrected chi connectivity index (χ3v) is 1.87. The number of carbonyl (C=O) groups is 3. The van der Waals surface area contributed by atoms with E-state index >= 15 is 0 Å². The van der Waals surface area contributed by atoms with E-state index in [1.54, 1.807) is 13.8 Å². The van der Waals surface area contributed by atoms with Crippen molar-refractivity contribution in [2.24, 2.45) is 0 Å². The van der Waals surface area contributed by atoms with Gasteiger partial charge in [0, 0.05) is 13.1 Å². The molecule has 0 aromatic carbocycles. The van der Waals surface area contributed by atoms with Crippen molar-refractivity contribution in [2.75, 3.05) is 20.2 Å². The van der Waals surface area contributed by atoms with Gasteiger partial charge < -0.3 is 20.1 Å². The van der Waals surface area contributed by atoms with Gasteiger partial charge in [-0.2, -0.15) is 0 Å². The summed E-state index contributed by atoms with van der Waals surface area (Å²) < 4.78 is 4.68. The second kappa shape index (κ2) is 7.48. The quantitative estimate of drug-likeness (QED) is 0.646. The molecule has 2 amide bonds. The van der Waals surface area contributed by atoms with Crippen LogP contribution in [-0.2, 0) is 14.3 Å². The number of hydrogen-bond donors (Lipinski definition) is 2. The predicted octanol–water partition coefficient (Wildman–Crippen LogP) is 0.0541. The highest BCUT2D eigenvalue weighted by molar-refractivity contribution is 5.81. The number of likely N-dealkylation sites (N-methyl/N-ethyl adjacent to an activating group) is 1. The largest absolute Gasteiger partial charge is 0.481 e. The van der Waals surface area contributed by atoms with E-state index in [9.17, 15) is 14.4 Å².